The number of hydrogen-bond donors (Lipinski definition) is 1. The first-order valence-corrected chi connectivity index (χ1v) is 9.10. The molecule has 1 aromatic rings. The molecule has 0 radical (unpaired) electrons. The van der Waals surface area contributed by atoms with Gasteiger partial charge in [-0.3, -0.25) is 9.69 Å². The Hall–Kier alpha value is -1.29. The number of carboxylic acids is 1. The van der Waals surface area contributed by atoms with E-state index in [0.717, 1.165) is 16.4 Å². The highest BCUT2D eigenvalue weighted by molar-refractivity contribution is 7.89. The highest BCUT2D eigenvalue weighted by atomic mass is 35.5. The van der Waals surface area contributed by atoms with Gasteiger partial charge in [0.25, 0.3) is 0 Å². The standard InChI is InChI=1S/C15H20F2N2O4S.ClH/c1-2-18(10-15(20)21)12-5-7-19(8-6-12)24(22,23)14-9-11(16)3-4-13(14)17;/h3-4,9,12H,2,5-8,10H2,1H3,(H,20,21);1H. The molecule has 25 heavy (non-hydrogen) atoms. The summed E-state index contributed by atoms with van der Waals surface area (Å²) in [6, 6.07) is 2.29. The zero-order valence-corrected chi connectivity index (χ0v) is 15.3. The average Bonchev–Trinajstić information content (AvgIpc) is 2.54. The fourth-order valence-corrected chi connectivity index (χ4v) is 4.48. The molecule has 2 rings (SSSR count). The highest BCUT2D eigenvalue weighted by Crippen LogP contribution is 2.25. The van der Waals surface area contributed by atoms with E-state index in [1.165, 1.54) is 0 Å². The molecular formula is C15H21ClF2N2O4S. The Balaban J connectivity index is 0.00000312. The normalized spacial score (nSPS) is 16.6. The molecule has 0 aromatic heterocycles. The fraction of sp³-hybridized carbons (Fsp3) is 0.533. The molecule has 142 valence electrons. The Kier molecular flexibility index (Phi) is 7.73. The summed E-state index contributed by atoms with van der Waals surface area (Å²) in [6.07, 6.45) is 0.884. The van der Waals surface area contributed by atoms with Crippen molar-refractivity contribution < 1.29 is 27.1 Å². The molecule has 0 atom stereocenters. The summed E-state index contributed by atoms with van der Waals surface area (Å²) >= 11 is 0. The molecule has 0 spiro atoms. The third-order valence-corrected chi connectivity index (χ3v) is 6.11. The first-order valence-electron chi connectivity index (χ1n) is 7.66. The number of benzene rings is 1. The molecule has 0 saturated carbocycles. The van der Waals surface area contributed by atoms with Crippen LogP contribution in [0.15, 0.2) is 23.1 Å². The van der Waals surface area contributed by atoms with Crippen LogP contribution in [0.2, 0.25) is 0 Å². The van der Waals surface area contributed by atoms with E-state index in [2.05, 4.69) is 0 Å². The fourth-order valence-electron chi connectivity index (χ4n) is 2.93. The smallest absolute Gasteiger partial charge is 0.317 e. The second kappa shape index (κ2) is 8.88. The molecule has 10 heteroatoms. The zero-order chi connectivity index (χ0) is 17.9. The molecule has 1 N–H and O–H groups in total. The number of nitrogens with zero attached hydrogens (tertiary/aromatic N) is 2. The summed E-state index contributed by atoms with van der Waals surface area (Å²) in [6.45, 7) is 2.56. The molecule has 0 bridgehead atoms. The average molecular weight is 399 g/mol. The van der Waals surface area contributed by atoms with Crippen molar-refractivity contribution in [3.05, 3.63) is 29.8 Å². The van der Waals surface area contributed by atoms with Crippen LogP contribution in [0.3, 0.4) is 0 Å². The Labute approximate surface area is 151 Å². The van der Waals surface area contributed by atoms with Gasteiger partial charge < -0.3 is 5.11 Å². The summed E-state index contributed by atoms with van der Waals surface area (Å²) in [5, 5.41) is 8.91. The number of halogens is 3. The van der Waals surface area contributed by atoms with Gasteiger partial charge in [0, 0.05) is 19.1 Å². The number of carbonyl (C=O) groups is 1. The number of hydrogen-bond acceptors (Lipinski definition) is 4. The number of piperidine rings is 1. The maximum absolute atomic E-state index is 13.8. The van der Waals surface area contributed by atoms with Crippen LogP contribution < -0.4 is 0 Å². The molecule has 1 saturated heterocycles. The van der Waals surface area contributed by atoms with Gasteiger partial charge in [0.05, 0.1) is 6.54 Å². The first-order chi connectivity index (χ1) is 11.3. The molecule has 0 amide bonds. The van der Waals surface area contributed by atoms with Gasteiger partial charge in [-0.1, -0.05) is 6.92 Å². The number of carboxylic acid groups (broad SMARTS) is 1. The second-order valence-electron chi connectivity index (χ2n) is 5.67. The van der Waals surface area contributed by atoms with Crippen molar-refractivity contribution in [2.45, 2.75) is 30.7 Å². The van der Waals surface area contributed by atoms with Crippen molar-refractivity contribution >= 4 is 28.4 Å². The van der Waals surface area contributed by atoms with Crippen molar-refractivity contribution in [3.8, 4) is 0 Å². The number of aliphatic carboxylic acids is 1. The summed E-state index contributed by atoms with van der Waals surface area (Å²) < 4.78 is 53.2. The van der Waals surface area contributed by atoms with E-state index in [-0.39, 0.29) is 38.1 Å². The van der Waals surface area contributed by atoms with Crippen LogP contribution in [-0.2, 0) is 14.8 Å². The van der Waals surface area contributed by atoms with E-state index in [1.807, 2.05) is 6.92 Å². The number of likely N-dealkylation sites (N-methyl/N-ethyl adjacent to an activating group) is 1. The minimum absolute atomic E-state index is 0. The van der Waals surface area contributed by atoms with Crippen LogP contribution in [0, 0.1) is 11.6 Å². The summed E-state index contributed by atoms with van der Waals surface area (Å²) in [7, 11) is -4.11. The summed E-state index contributed by atoms with van der Waals surface area (Å²) in [4.78, 5) is 12.0. The molecule has 1 aromatic carbocycles. The predicted octanol–water partition coefficient (Wildman–Crippen LogP) is 1.95. The molecule has 0 unspecified atom stereocenters. The van der Waals surface area contributed by atoms with Crippen LogP contribution in [0.1, 0.15) is 19.8 Å². The van der Waals surface area contributed by atoms with E-state index < -0.39 is 32.5 Å². The van der Waals surface area contributed by atoms with E-state index in [9.17, 15) is 22.0 Å². The van der Waals surface area contributed by atoms with Gasteiger partial charge in [0.15, 0.2) is 0 Å². The predicted molar refractivity (Wildman–Crippen MR) is 90.3 cm³/mol. The van der Waals surface area contributed by atoms with Crippen molar-refractivity contribution in [2.24, 2.45) is 0 Å². The molecule has 0 aliphatic carbocycles. The number of sulfonamides is 1. The van der Waals surface area contributed by atoms with Gasteiger partial charge in [0.2, 0.25) is 10.0 Å². The maximum Gasteiger partial charge on any atom is 0.317 e. The van der Waals surface area contributed by atoms with Gasteiger partial charge >= 0.3 is 5.97 Å². The van der Waals surface area contributed by atoms with Crippen LogP contribution in [0.5, 0.6) is 0 Å². The van der Waals surface area contributed by atoms with Crippen molar-refractivity contribution in [1.29, 1.82) is 0 Å². The molecule has 6 nitrogen and oxygen atoms in total. The van der Waals surface area contributed by atoms with Gasteiger partial charge in [-0.05, 0) is 37.6 Å². The van der Waals surface area contributed by atoms with Gasteiger partial charge in [-0.25, -0.2) is 17.2 Å². The summed E-state index contributed by atoms with van der Waals surface area (Å²) in [5.74, 6) is -2.74. The van der Waals surface area contributed by atoms with E-state index in [1.54, 1.807) is 4.90 Å². The molecule has 1 aliphatic rings. The van der Waals surface area contributed by atoms with Crippen molar-refractivity contribution in [1.82, 2.24) is 9.21 Å². The quantitative estimate of drug-likeness (QED) is 0.792. The number of rotatable bonds is 6. The van der Waals surface area contributed by atoms with Crippen LogP contribution >= 0.6 is 12.4 Å². The minimum atomic E-state index is -4.11. The molecule has 1 heterocycles. The largest absolute Gasteiger partial charge is 0.480 e. The van der Waals surface area contributed by atoms with Gasteiger partial charge in [-0.2, -0.15) is 4.31 Å². The minimum Gasteiger partial charge on any atom is -0.480 e. The molecule has 1 aliphatic heterocycles. The van der Waals surface area contributed by atoms with Gasteiger partial charge in [-0.15, -0.1) is 12.4 Å². The molecular weight excluding hydrogens is 378 g/mol. The van der Waals surface area contributed by atoms with Crippen LogP contribution in [0.25, 0.3) is 0 Å². The third kappa shape index (κ3) is 5.10. The van der Waals surface area contributed by atoms with Crippen molar-refractivity contribution in [3.63, 3.8) is 0 Å². The van der Waals surface area contributed by atoms with Crippen LogP contribution in [0.4, 0.5) is 8.78 Å². The maximum atomic E-state index is 13.8. The van der Waals surface area contributed by atoms with Crippen LogP contribution in [-0.4, -0.2) is 60.9 Å². The van der Waals surface area contributed by atoms with Gasteiger partial charge in [0.1, 0.15) is 16.5 Å². The Morgan fingerprint density at radius 2 is 1.92 bits per heavy atom. The second-order valence-corrected chi connectivity index (χ2v) is 7.57. The lowest BCUT2D eigenvalue weighted by Crippen LogP contribution is -2.48. The summed E-state index contributed by atoms with van der Waals surface area (Å²) in [5.41, 5.74) is 0. The Morgan fingerprint density at radius 3 is 2.44 bits per heavy atom. The van der Waals surface area contributed by atoms with E-state index in [4.69, 9.17) is 5.11 Å². The SMILES string of the molecule is CCN(CC(=O)O)C1CCN(S(=O)(=O)c2cc(F)ccc2F)CC1.Cl. The lowest BCUT2D eigenvalue weighted by Gasteiger charge is -2.36. The van der Waals surface area contributed by atoms with Crippen molar-refractivity contribution in [2.75, 3.05) is 26.2 Å². The highest BCUT2D eigenvalue weighted by Gasteiger charge is 2.33. The lowest BCUT2D eigenvalue weighted by atomic mass is 10.0. The molecule has 1 fully saturated rings. The topological polar surface area (TPSA) is 77.9 Å². The first kappa shape index (κ1) is 21.8. The monoisotopic (exact) mass is 398 g/mol. The van der Waals surface area contributed by atoms with E-state index >= 15 is 0 Å². The van der Waals surface area contributed by atoms with E-state index in [0.29, 0.717) is 25.5 Å². The lowest BCUT2D eigenvalue weighted by molar-refractivity contribution is -0.139. The Morgan fingerprint density at radius 1 is 1.32 bits per heavy atom. The zero-order valence-electron chi connectivity index (χ0n) is 13.7. The Bertz CT molecular complexity index is 709. The third-order valence-electron chi connectivity index (χ3n) is 4.20.